The van der Waals surface area contributed by atoms with Crippen LogP contribution in [0.25, 0.3) is 11.0 Å². The van der Waals surface area contributed by atoms with Gasteiger partial charge in [-0.2, -0.15) is 5.10 Å². The van der Waals surface area contributed by atoms with E-state index in [4.69, 9.17) is 0 Å². The average Bonchev–Trinajstić information content (AvgIpc) is 2.91. The standard InChI is InChI=1S/C16H20F2N4O2/c17-16(18)5-3-10(4-6-16)22-14-12(7-19-22)15(24)21-13(20-14)11-2-1-9(11)8-23/h7,9-11,23H,1-6,8H2,(H,20,21,24)/t9-,11?/m0/s1. The Labute approximate surface area is 136 Å². The third-order valence-corrected chi connectivity index (χ3v) is 5.52. The van der Waals surface area contributed by atoms with Crippen LogP contribution in [0.1, 0.15) is 56.3 Å². The summed E-state index contributed by atoms with van der Waals surface area (Å²) in [5.41, 5.74) is 0.207. The molecule has 4 rings (SSSR count). The number of hydrogen-bond donors (Lipinski definition) is 2. The van der Waals surface area contributed by atoms with Crippen molar-refractivity contribution in [1.29, 1.82) is 0 Å². The van der Waals surface area contributed by atoms with Crippen LogP contribution in [0.4, 0.5) is 8.78 Å². The van der Waals surface area contributed by atoms with Gasteiger partial charge in [0.1, 0.15) is 11.2 Å². The molecule has 2 atom stereocenters. The summed E-state index contributed by atoms with van der Waals surface area (Å²) in [7, 11) is 0. The van der Waals surface area contributed by atoms with Gasteiger partial charge in [-0.15, -0.1) is 0 Å². The van der Waals surface area contributed by atoms with Crippen LogP contribution in [0, 0.1) is 5.92 Å². The second kappa shape index (κ2) is 5.61. The topological polar surface area (TPSA) is 83.8 Å². The van der Waals surface area contributed by atoms with Crippen molar-refractivity contribution in [2.45, 2.75) is 56.4 Å². The molecule has 24 heavy (non-hydrogen) atoms. The van der Waals surface area contributed by atoms with Crippen LogP contribution in [0.3, 0.4) is 0 Å². The monoisotopic (exact) mass is 338 g/mol. The van der Waals surface area contributed by atoms with Crippen LogP contribution in [-0.4, -0.2) is 37.4 Å². The van der Waals surface area contributed by atoms with Gasteiger partial charge in [-0.1, -0.05) is 0 Å². The first-order valence-corrected chi connectivity index (χ1v) is 8.44. The van der Waals surface area contributed by atoms with Crippen molar-refractivity contribution in [1.82, 2.24) is 19.7 Å². The first-order valence-electron chi connectivity index (χ1n) is 8.44. The normalized spacial score (nSPS) is 27.3. The van der Waals surface area contributed by atoms with Crippen molar-refractivity contribution >= 4 is 11.0 Å². The van der Waals surface area contributed by atoms with E-state index in [1.54, 1.807) is 4.68 Å². The largest absolute Gasteiger partial charge is 0.396 e. The number of nitrogens with zero attached hydrogens (tertiary/aromatic N) is 3. The van der Waals surface area contributed by atoms with Crippen LogP contribution < -0.4 is 5.56 Å². The lowest BCUT2D eigenvalue weighted by molar-refractivity contribution is -0.0446. The Morgan fingerprint density at radius 2 is 2.04 bits per heavy atom. The zero-order chi connectivity index (χ0) is 16.9. The van der Waals surface area contributed by atoms with Crippen molar-refractivity contribution in [2.75, 3.05) is 6.61 Å². The highest BCUT2D eigenvalue weighted by Gasteiger charge is 2.37. The maximum absolute atomic E-state index is 13.4. The number of rotatable bonds is 3. The first-order chi connectivity index (χ1) is 11.5. The summed E-state index contributed by atoms with van der Waals surface area (Å²) in [5, 5.41) is 14.0. The predicted molar refractivity (Wildman–Crippen MR) is 83.2 cm³/mol. The Balaban J connectivity index is 1.70. The molecule has 1 unspecified atom stereocenters. The van der Waals surface area contributed by atoms with Crippen molar-refractivity contribution in [2.24, 2.45) is 5.92 Å². The molecular formula is C16H20F2N4O2. The molecule has 2 fully saturated rings. The molecule has 2 aliphatic carbocycles. The number of alkyl halides is 2. The highest BCUT2D eigenvalue weighted by Crippen LogP contribution is 2.41. The van der Waals surface area contributed by atoms with E-state index >= 15 is 0 Å². The molecule has 2 N–H and O–H groups in total. The second-order valence-corrected chi connectivity index (χ2v) is 6.99. The van der Waals surface area contributed by atoms with Gasteiger partial charge < -0.3 is 10.1 Å². The van der Waals surface area contributed by atoms with Crippen LogP contribution >= 0.6 is 0 Å². The lowest BCUT2D eigenvalue weighted by Gasteiger charge is -2.34. The van der Waals surface area contributed by atoms with Gasteiger partial charge in [0.05, 0.1) is 12.2 Å². The number of nitrogens with one attached hydrogen (secondary N) is 1. The maximum Gasteiger partial charge on any atom is 0.262 e. The minimum Gasteiger partial charge on any atom is -0.396 e. The fraction of sp³-hybridized carbons (Fsp3) is 0.688. The molecule has 2 heterocycles. The van der Waals surface area contributed by atoms with E-state index in [1.165, 1.54) is 6.20 Å². The molecule has 2 aromatic heterocycles. The van der Waals surface area contributed by atoms with Gasteiger partial charge in [0.25, 0.3) is 5.56 Å². The fourth-order valence-electron chi connectivity index (χ4n) is 3.81. The van der Waals surface area contributed by atoms with E-state index in [1.807, 2.05) is 0 Å². The Hall–Kier alpha value is -1.83. The lowest BCUT2D eigenvalue weighted by Crippen LogP contribution is -2.30. The summed E-state index contributed by atoms with van der Waals surface area (Å²) < 4.78 is 28.4. The number of aliphatic hydroxyl groups is 1. The third kappa shape index (κ3) is 2.53. The number of aliphatic hydroxyl groups excluding tert-OH is 1. The molecule has 0 aromatic carbocycles. The van der Waals surface area contributed by atoms with E-state index in [-0.39, 0.29) is 42.9 Å². The third-order valence-electron chi connectivity index (χ3n) is 5.52. The molecule has 0 spiro atoms. The predicted octanol–water partition coefficient (Wildman–Crippen LogP) is 2.36. The van der Waals surface area contributed by atoms with E-state index in [2.05, 4.69) is 15.1 Å². The van der Waals surface area contributed by atoms with Gasteiger partial charge in [-0.3, -0.25) is 4.79 Å². The van der Waals surface area contributed by atoms with Crippen LogP contribution in [0.5, 0.6) is 0 Å². The Kier molecular flexibility index (Phi) is 3.67. The molecule has 2 saturated carbocycles. The molecule has 0 aliphatic heterocycles. The van der Waals surface area contributed by atoms with Gasteiger partial charge in [0.15, 0.2) is 5.65 Å². The maximum atomic E-state index is 13.4. The van der Waals surface area contributed by atoms with Gasteiger partial charge >= 0.3 is 0 Å². The zero-order valence-corrected chi connectivity index (χ0v) is 13.2. The molecule has 0 saturated heterocycles. The average molecular weight is 338 g/mol. The highest BCUT2D eigenvalue weighted by molar-refractivity contribution is 5.73. The smallest absolute Gasteiger partial charge is 0.262 e. The molecule has 8 heteroatoms. The number of hydrogen-bond acceptors (Lipinski definition) is 4. The molecular weight excluding hydrogens is 318 g/mol. The van der Waals surface area contributed by atoms with Gasteiger partial charge in [-0.25, -0.2) is 18.4 Å². The van der Waals surface area contributed by atoms with E-state index in [0.717, 1.165) is 12.8 Å². The van der Waals surface area contributed by atoms with E-state index in [0.29, 0.717) is 29.7 Å². The summed E-state index contributed by atoms with van der Waals surface area (Å²) in [4.78, 5) is 19.7. The summed E-state index contributed by atoms with van der Waals surface area (Å²) >= 11 is 0. The van der Waals surface area contributed by atoms with Gasteiger partial charge in [-0.05, 0) is 31.6 Å². The van der Waals surface area contributed by atoms with Gasteiger partial charge in [0.2, 0.25) is 5.92 Å². The SMILES string of the molecule is O=c1[nH]c(C2CC[C@H]2CO)nc2c1cnn2C1CCC(F)(F)CC1. The summed E-state index contributed by atoms with van der Waals surface area (Å²) in [6, 6.07) is -0.153. The summed E-state index contributed by atoms with van der Waals surface area (Å²) in [6.45, 7) is 0.0728. The highest BCUT2D eigenvalue weighted by atomic mass is 19.3. The zero-order valence-electron chi connectivity index (χ0n) is 13.2. The fourth-order valence-corrected chi connectivity index (χ4v) is 3.81. The summed E-state index contributed by atoms with van der Waals surface area (Å²) in [6.07, 6.45) is 3.59. The van der Waals surface area contributed by atoms with Crippen molar-refractivity contribution < 1.29 is 13.9 Å². The van der Waals surface area contributed by atoms with E-state index < -0.39 is 5.92 Å². The molecule has 6 nitrogen and oxygen atoms in total. The molecule has 130 valence electrons. The summed E-state index contributed by atoms with van der Waals surface area (Å²) in [5.74, 6) is -1.86. The van der Waals surface area contributed by atoms with Crippen molar-refractivity contribution in [3.05, 3.63) is 22.4 Å². The first kappa shape index (κ1) is 15.7. The van der Waals surface area contributed by atoms with Crippen molar-refractivity contribution in [3.8, 4) is 0 Å². The Morgan fingerprint density at radius 1 is 1.29 bits per heavy atom. The number of H-pyrrole nitrogens is 1. The van der Waals surface area contributed by atoms with Crippen molar-refractivity contribution in [3.63, 3.8) is 0 Å². The minimum absolute atomic E-state index is 0.0474. The van der Waals surface area contributed by atoms with Crippen LogP contribution in [-0.2, 0) is 0 Å². The molecule has 0 radical (unpaired) electrons. The number of fused-ring (bicyclic) bond motifs is 1. The van der Waals surface area contributed by atoms with Crippen LogP contribution in [0.15, 0.2) is 11.0 Å². The van der Waals surface area contributed by atoms with Crippen LogP contribution in [0.2, 0.25) is 0 Å². The minimum atomic E-state index is -2.60. The van der Waals surface area contributed by atoms with E-state index in [9.17, 15) is 18.7 Å². The number of aromatic nitrogens is 4. The molecule has 0 amide bonds. The van der Waals surface area contributed by atoms with Gasteiger partial charge in [0, 0.05) is 25.4 Å². The molecule has 2 aliphatic rings. The second-order valence-electron chi connectivity index (χ2n) is 6.99. The molecule has 2 aromatic rings. The number of aromatic amines is 1. The lowest BCUT2D eigenvalue weighted by atomic mass is 9.73. The Bertz CT molecular complexity index is 804. The Morgan fingerprint density at radius 3 is 2.67 bits per heavy atom. The molecule has 0 bridgehead atoms. The number of halogens is 2. The quantitative estimate of drug-likeness (QED) is 0.900.